The lowest BCUT2D eigenvalue weighted by Gasteiger charge is -2.29. The predicted octanol–water partition coefficient (Wildman–Crippen LogP) is 2.35. The second-order valence-electron chi connectivity index (χ2n) is 4.95. The number of carbonyl (C=O) groups excluding carboxylic acids is 1. The van der Waals surface area contributed by atoms with Crippen LogP contribution in [0.15, 0.2) is 24.3 Å². The summed E-state index contributed by atoms with van der Waals surface area (Å²) in [4.78, 5) is 14.5. The van der Waals surface area contributed by atoms with E-state index in [2.05, 4.69) is 24.4 Å². The maximum atomic E-state index is 12.5. The lowest BCUT2D eigenvalue weighted by atomic mass is 9.96. The van der Waals surface area contributed by atoms with E-state index in [0.29, 0.717) is 0 Å². The highest BCUT2D eigenvalue weighted by molar-refractivity contribution is 5.95. The number of aryl methyl sites for hydroxylation is 1. The summed E-state index contributed by atoms with van der Waals surface area (Å²) < 4.78 is 0. The Balaban J connectivity index is 2.14. The van der Waals surface area contributed by atoms with Crippen LogP contribution < -0.4 is 10.2 Å². The van der Waals surface area contributed by atoms with Crippen LogP contribution in [0.2, 0.25) is 0 Å². The van der Waals surface area contributed by atoms with Gasteiger partial charge in [-0.2, -0.15) is 0 Å². The Labute approximate surface area is 109 Å². The van der Waals surface area contributed by atoms with Gasteiger partial charge in [-0.3, -0.25) is 4.79 Å². The van der Waals surface area contributed by atoms with E-state index in [4.69, 9.17) is 0 Å². The molecular weight excluding hydrogens is 224 g/mol. The first kappa shape index (κ1) is 13.1. The highest BCUT2D eigenvalue weighted by Gasteiger charge is 2.25. The molecule has 0 unspecified atom stereocenters. The van der Waals surface area contributed by atoms with Crippen molar-refractivity contribution in [1.82, 2.24) is 5.32 Å². The maximum absolute atomic E-state index is 12.5. The zero-order chi connectivity index (χ0) is 13.0. The van der Waals surface area contributed by atoms with E-state index < -0.39 is 0 Å². The van der Waals surface area contributed by atoms with Crippen LogP contribution in [0.4, 0.5) is 5.69 Å². The summed E-state index contributed by atoms with van der Waals surface area (Å²) in [6.45, 7) is 6.77. The molecule has 0 bridgehead atoms. The number of hydrogen-bond donors (Lipinski definition) is 1. The minimum Gasteiger partial charge on any atom is -0.317 e. The van der Waals surface area contributed by atoms with Crippen molar-refractivity contribution >= 4 is 11.6 Å². The Morgan fingerprint density at radius 1 is 1.39 bits per heavy atom. The van der Waals surface area contributed by atoms with Gasteiger partial charge in [-0.05, 0) is 57.5 Å². The van der Waals surface area contributed by atoms with Crippen LogP contribution in [-0.2, 0) is 4.79 Å². The van der Waals surface area contributed by atoms with Gasteiger partial charge < -0.3 is 10.2 Å². The van der Waals surface area contributed by atoms with Crippen molar-refractivity contribution in [2.45, 2.75) is 26.7 Å². The van der Waals surface area contributed by atoms with E-state index in [1.165, 1.54) is 5.56 Å². The molecule has 1 fully saturated rings. The normalized spacial score (nSPS) is 16.6. The zero-order valence-electron chi connectivity index (χ0n) is 11.3. The van der Waals surface area contributed by atoms with Crippen molar-refractivity contribution in [3.05, 3.63) is 29.8 Å². The number of anilines is 1. The van der Waals surface area contributed by atoms with E-state index in [1.807, 2.05) is 24.0 Å². The SMILES string of the molecule is CCN(C(=O)C1CCNCC1)c1cccc(C)c1. The molecule has 0 radical (unpaired) electrons. The van der Waals surface area contributed by atoms with Crippen LogP contribution >= 0.6 is 0 Å². The van der Waals surface area contributed by atoms with E-state index in [-0.39, 0.29) is 11.8 Å². The fourth-order valence-electron chi connectivity index (χ4n) is 2.55. The molecule has 18 heavy (non-hydrogen) atoms. The number of benzene rings is 1. The average molecular weight is 246 g/mol. The molecule has 1 heterocycles. The minimum atomic E-state index is 0.187. The van der Waals surface area contributed by atoms with Crippen molar-refractivity contribution in [3.63, 3.8) is 0 Å². The molecule has 3 nitrogen and oxygen atoms in total. The summed E-state index contributed by atoms with van der Waals surface area (Å²) in [5.41, 5.74) is 2.23. The van der Waals surface area contributed by atoms with Crippen LogP contribution in [-0.4, -0.2) is 25.5 Å². The van der Waals surface area contributed by atoms with E-state index in [9.17, 15) is 4.79 Å². The van der Waals surface area contributed by atoms with Crippen molar-refractivity contribution in [3.8, 4) is 0 Å². The molecule has 2 rings (SSSR count). The first-order chi connectivity index (χ1) is 8.72. The lowest BCUT2D eigenvalue weighted by Crippen LogP contribution is -2.41. The standard InChI is InChI=1S/C15H22N2O/c1-3-17(14-6-4-5-12(2)11-14)15(18)13-7-9-16-10-8-13/h4-6,11,13,16H,3,7-10H2,1-2H3. The third kappa shape index (κ3) is 2.91. The number of piperidine rings is 1. The fourth-order valence-corrected chi connectivity index (χ4v) is 2.55. The van der Waals surface area contributed by atoms with Crippen molar-refractivity contribution in [1.29, 1.82) is 0 Å². The minimum absolute atomic E-state index is 0.187. The van der Waals surface area contributed by atoms with Crippen molar-refractivity contribution in [2.24, 2.45) is 5.92 Å². The number of nitrogens with zero attached hydrogens (tertiary/aromatic N) is 1. The fraction of sp³-hybridized carbons (Fsp3) is 0.533. The van der Waals surface area contributed by atoms with E-state index in [1.54, 1.807) is 0 Å². The van der Waals surface area contributed by atoms with Gasteiger partial charge in [0.25, 0.3) is 0 Å². The molecule has 0 atom stereocenters. The van der Waals surface area contributed by atoms with Gasteiger partial charge in [-0.25, -0.2) is 0 Å². The third-order valence-corrected chi connectivity index (χ3v) is 3.58. The number of rotatable bonds is 3. The second-order valence-corrected chi connectivity index (χ2v) is 4.95. The van der Waals surface area contributed by atoms with Gasteiger partial charge in [0, 0.05) is 18.2 Å². The van der Waals surface area contributed by atoms with Gasteiger partial charge in [-0.1, -0.05) is 12.1 Å². The summed E-state index contributed by atoms with van der Waals surface area (Å²) in [5.74, 6) is 0.469. The molecule has 1 saturated heterocycles. The van der Waals surface area contributed by atoms with Crippen molar-refractivity contribution < 1.29 is 4.79 Å². The summed E-state index contributed by atoms with van der Waals surface area (Å²) in [7, 11) is 0. The smallest absolute Gasteiger partial charge is 0.230 e. The predicted molar refractivity (Wildman–Crippen MR) is 74.8 cm³/mol. The Hall–Kier alpha value is -1.35. The van der Waals surface area contributed by atoms with Crippen LogP contribution in [0.3, 0.4) is 0 Å². The molecule has 98 valence electrons. The van der Waals surface area contributed by atoms with Gasteiger partial charge in [0.15, 0.2) is 0 Å². The topological polar surface area (TPSA) is 32.3 Å². The number of amides is 1. The van der Waals surface area contributed by atoms with Gasteiger partial charge in [-0.15, -0.1) is 0 Å². The van der Waals surface area contributed by atoms with Gasteiger partial charge in [0.05, 0.1) is 0 Å². The molecule has 0 saturated carbocycles. The van der Waals surface area contributed by atoms with Crippen molar-refractivity contribution in [2.75, 3.05) is 24.5 Å². The van der Waals surface area contributed by atoms with Gasteiger partial charge in [0.2, 0.25) is 5.91 Å². The largest absolute Gasteiger partial charge is 0.317 e. The molecule has 3 heteroatoms. The molecule has 0 aromatic heterocycles. The molecule has 1 aromatic carbocycles. The van der Waals surface area contributed by atoms with E-state index >= 15 is 0 Å². The third-order valence-electron chi connectivity index (χ3n) is 3.58. The highest BCUT2D eigenvalue weighted by atomic mass is 16.2. The molecule has 0 aliphatic carbocycles. The highest BCUT2D eigenvalue weighted by Crippen LogP contribution is 2.21. The Morgan fingerprint density at radius 2 is 2.11 bits per heavy atom. The van der Waals surface area contributed by atoms with Gasteiger partial charge >= 0.3 is 0 Å². The number of nitrogens with one attached hydrogen (secondary N) is 1. The monoisotopic (exact) mass is 246 g/mol. The quantitative estimate of drug-likeness (QED) is 0.888. The molecule has 1 aliphatic heterocycles. The van der Waals surface area contributed by atoms with Crippen LogP contribution in [0.5, 0.6) is 0 Å². The Morgan fingerprint density at radius 3 is 2.72 bits per heavy atom. The van der Waals surface area contributed by atoms with Gasteiger partial charge in [0.1, 0.15) is 0 Å². The van der Waals surface area contributed by atoms with Crippen LogP contribution in [0.1, 0.15) is 25.3 Å². The van der Waals surface area contributed by atoms with Crippen LogP contribution in [0.25, 0.3) is 0 Å². The first-order valence-corrected chi connectivity index (χ1v) is 6.81. The maximum Gasteiger partial charge on any atom is 0.230 e. The number of hydrogen-bond acceptors (Lipinski definition) is 2. The molecule has 1 N–H and O–H groups in total. The number of carbonyl (C=O) groups is 1. The summed E-state index contributed by atoms with van der Waals surface area (Å²) in [6.07, 6.45) is 1.92. The summed E-state index contributed by atoms with van der Waals surface area (Å²) >= 11 is 0. The van der Waals surface area contributed by atoms with E-state index in [0.717, 1.165) is 38.2 Å². The molecule has 0 spiro atoms. The Kier molecular flexibility index (Phi) is 4.37. The molecule has 1 amide bonds. The Bertz CT molecular complexity index is 411. The summed E-state index contributed by atoms with van der Waals surface area (Å²) in [5, 5.41) is 3.30. The summed E-state index contributed by atoms with van der Waals surface area (Å²) in [6, 6.07) is 8.19. The first-order valence-electron chi connectivity index (χ1n) is 6.81. The molecule has 1 aromatic rings. The second kappa shape index (κ2) is 6.01. The molecule has 1 aliphatic rings. The zero-order valence-corrected chi connectivity index (χ0v) is 11.3. The lowest BCUT2D eigenvalue weighted by molar-refractivity contribution is -0.123. The molecular formula is C15H22N2O. The average Bonchev–Trinajstić information content (AvgIpc) is 2.40. The van der Waals surface area contributed by atoms with Crippen LogP contribution in [0, 0.1) is 12.8 Å².